The van der Waals surface area contributed by atoms with Crippen molar-refractivity contribution in [3.05, 3.63) is 78.3 Å². The number of nitrogens with zero attached hydrogens (tertiary/aromatic N) is 2. The average molecular weight is 350 g/mol. The van der Waals surface area contributed by atoms with Gasteiger partial charge in [-0.2, -0.15) is 0 Å². The maximum Gasteiger partial charge on any atom is 0.246 e. The molecule has 0 aliphatic heterocycles. The summed E-state index contributed by atoms with van der Waals surface area (Å²) < 4.78 is 18.9. The lowest BCUT2D eigenvalue weighted by molar-refractivity contribution is -0.125. The molecule has 3 rings (SSSR count). The van der Waals surface area contributed by atoms with Crippen molar-refractivity contribution in [2.24, 2.45) is 0 Å². The first kappa shape index (κ1) is 17.6. The second-order valence-corrected chi connectivity index (χ2v) is 5.79. The standard InChI is InChI=1S/C21H19FN2O2/c1-24(14-15-26-19-10-3-2-9-18(19)22)20(25)12-11-17-7-4-6-16-8-5-13-23-21(16)17/h2-13H,14-15H2,1H3/b12-11+. The van der Waals surface area contributed by atoms with E-state index in [2.05, 4.69) is 4.98 Å². The SMILES string of the molecule is CN(CCOc1ccccc1F)C(=O)/C=C/c1cccc2cccnc12. The van der Waals surface area contributed by atoms with Crippen molar-refractivity contribution in [3.63, 3.8) is 0 Å². The van der Waals surface area contributed by atoms with Crippen molar-refractivity contribution in [2.75, 3.05) is 20.2 Å². The van der Waals surface area contributed by atoms with Gasteiger partial charge < -0.3 is 9.64 Å². The van der Waals surface area contributed by atoms with Crippen LogP contribution < -0.4 is 4.74 Å². The molecule has 2 aromatic carbocycles. The Labute approximate surface area is 151 Å². The molecule has 0 unspecified atom stereocenters. The van der Waals surface area contributed by atoms with Crippen LogP contribution in [0.25, 0.3) is 17.0 Å². The first-order valence-corrected chi connectivity index (χ1v) is 8.29. The van der Waals surface area contributed by atoms with Gasteiger partial charge in [-0.1, -0.05) is 36.4 Å². The number of benzene rings is 2. The number of hydrogen-bond acceptors (Lipinski definition) is 3. The molecule has 0 atom stereocenters. The van der Waals surface area contributed by atoms with Gasteiger partial charge in [0.05, 0.1) is 12.1 Å². The highest BCUT2D eigenvalue weighted by Crippen LogP contribution is 2.17. The summed E-state index contributed by atoms with van der Waals surface area (Å²) in [5.41, 5.74) is 1.73. The summed E-state index contributed by atoms with van der Waals surface area (Å²) in [4.78, 5) is 18.1. The number of aromatic nitrogens is 1. The summed E-state index contributed by atoms with van der Waals surface area (Å²) in [5, 5.41) is 1.02. The molecule has 0 spiro atoms. The highest BCUT2D eigenvalue weighted by molar-refractivity contribution is 5.95. The number of para-hydroxylation sites is 2. The van der Waals surface area contributed by atoms with Crippen LogP contribution in [-0.4, -0.2) is 36.0 Å². The van der Waals surface area contributed by atoms with E-state index in [0.29, 0.717) is 6.54 Å². The van der Waals surface area contributed by atoms with Crippen molar-refractivity contribution in [3.8, 4) is 5.75 Å². The number of carbonyl (C=O) groups excluding carboxylic acids is 1. The number of hydrogen-bond donors (Lipinski definition) is 0. The maximum atomic E-state index is 13.5. The Bertz CT molecular complexity index is 935. The monoisotopic (exact) mass is 350 g/mol. The smallest absolute Gasteiger partial charge is 0.246 e. The summed E-state index contributed by atoms with van der Waals surface area (Å²) in [7, 11) is 1.68. The van der Waals surface area contributed by atoms with Gasteiger partial charge in [-0.05, 0) is 24.3 Å². The first-order valence-electron chi connectivity index (χ1n) is 8.29. The van der Waals surface area contributed by atoms with Crippen molar-refractivity contribution >= 4 is 22.9 Å². The van der Waals surface area contributed by atoms with E-state index in [9.17, 15) is 9.18 Å². The highest BCUT2D eigenvalue weighted by atomic mass is 19.1. The fourth-order valence-electron chi connectivity index (χ4n) is 2.52. The molecular formula is C21H19FN2O2. The molecule has 1 amide bonds. The van der Waals surface area contributed by atoms with Gasteiger partial charge in [-0.15, -0.1) is 0 Å². The van der Waals surface area contributed by atoms with Gasteiger partial charge in [0, 0.05) is 30.3 Å². The highest BCUT2D eigenvalue weighted by Gasteiger charge is 2.07. The molecule has 0 fully saturated rings. The third-order valence-corrected chi connectivity index (χ3v) is 3.97. The fourth-order valence-corrected chi connectivity index (χ4v) is 2.52. The van der Waals surface area contributed by atoms with Gasteiger partial charge in [0.1, 0.15) is 6.61 Å². The predicted molar refractivity (Wildman–Crippen MR) is 100 cm³/mol. The molecule has 0 aliphatic carbocycles. The Morgan fingerprint density at radius 1 is 1.15 bits per heavy atom. The van der Waals surface area contributed by atoms with E-state index in [0.717, 1.165) is 16.5 Å². The van der Waals surface area contributed by atoms with Gasteiger partial charge in [-0.3, -0.25) is 9.78 Å². The van der Waals surface area contributed by atoms with Crippen LogP contribution in [0.15, 0.2) is 66.9 Å². The van der Waals surface area contributed by atoms with Crippen LogP contribution in [0.5, 0.6) is 5.75 Å². The number of likely N-dealkylation sites (N-methyl/N-ethyl adjacent to an activating group) is 1. The van der Waals surface area contributed by atoms with Gasteiger partial charge >= 0.3 is 0 Å². The van der Waals surface area contributed by atoms with Crippen LogP contribution in [0.4, 0.5) is 4.39 Å². The van der Waals surface area contributed by atoms with Gasteiger partial charge in [0.15, 0.2) is 11.6 Å². The Balaban J connectivity index is 1.58. The van der Waals surface area contributed by atoms with Crippen LogP contribution in [0, 0.1) is 5.82 Å². The van der Waals surface area contributed by atoms with Crippen molar-refractivity contribution in [2.45, 2.75) is 0 Å². The molecule has 0 aliphatic rings. The van der Waals surface area contributed by atoms with Crippen molar-refractivity contribution in [1.29, 1.82) is 0 Å². The van der Waals surface area contributed by atoms with E-state index in [4.69, 9.17) is 4.74 Å². The third-order valence-electron chi connectivity index (χ3n) is 3.97. The Hall–Kier alpha value is -3.21. The van der Waals surface area contributed by atoms with E-state index in [1.807, 2.05) is 30.3 Å². The van der Waals surface area contributed by atoms with Crippen LogP contribution in [0.1, 0.15) is 5.56 Å². The summed E-state index contributed by atoms with van der Waals surface area (Å²) in [5.74, 6) is -0.384. The first-order chi connectivity index (χ1) is 12.6. The molecule has 4 nitrogen and oxygen atoms in total. The van der Waals surface area contributed by atoms with E-state index in [-0.39, 0.29) is 18.3 Å². The molecule has 1 aromatic heterocycles. The van der Waals surface area contributed by atoms with Crippen molar-refractivity contribution in [1.82, 2.24) is 9.88 Å². The Morgan fingerprint density at radius 3 is 2.81 bits per heavy atom. The largest absolute Gasteiger partial charge is 0.489 e. The minimum absolute atomic E-state index is 0.157. The number of halogens is 1. The Morgan fingerprint density at radius 2 is 1.96 bits per heavy atom. The zero-order valence-electron chi connectivity index (χ0n) is 14.4. The predicted octanol–water partition coefficient (Wildman–Crippen LogP) is 3.92. The zero-order chi connectivity index (χ0) is 18.4. The lowest BCUT2D eigenvalue weighted by atomic mass is 10.1. The lowest BCUT2D eigenvalue weighted by Crippen LogP contribution is -2.29. The maximum absolute atomic E-state index is 13.5. The lowest BCUT2D eigenvalue weighted by Gasteiger charge is -2.15. The zero-order valence-corrected chi connectivity index (χ0v) is 14.4. The average Bonchev–Trinajstić information content (AvgIpc) is 2.67. The van der Waals surface area contributed by atoms with Crippen molar-refractivity contribution < 1.29 is 13.9 Å². The summed E-state index contributed by atoms with van der Waals surface area (Å²) >= 11 is 0. The van der Waals surface area contributed by atoms with Gasteiger partial charge in [0.25, 0.3) is 0 Å². The second-order valence-electron chi connectivity index (χ2n) is 5.79. The fraction of sp³-hybridized carbons (Fsp3) is 0.143. The molecule has 132 valence electrons. The molecule has 1 heterocycles. The molecule has 0 saturated carbocycles. The molecule has 26 heavy (non-hydrogen) atoms. The van der Waals surface area contributed by atoms with E-state index in [1.165, 1.54) is 17.0 Å². The number of carbonyl (C=O) groups is 1. The topological polar surface area (TPSA) is 42.4 Å². The third kappa shape index (κ3) is 4.25. The van der Waals surface area contributed by atoms with Crippen LogP contribution >= 0.6 is 0 Å². The van der Waals surface area contributed by atoms with E-state index >= 15 is 0 Å². The minimum atomic E-state index is -0.412. The second kappa shape index (κ2) is 8.25. The van der Waals surface area contributed by atoms with E-state index < -0.39 is 5.82 Å². The van der Waals surface area contributed by atoms with Crippen LogP contribution in [0.3, 0.4) is 0 Å². The van der Waals surface area contributed by atoms with Gasteiger partial charge in [-0.25, -0.2) is 4.39 Å². The summed E-state index contributed by atoms with van der Waals surface area (Å²) in [6.07, 6.45) is 4.99. The van der Waals surface area contributed by atoms with Crippen LogP contribution in [0.2, 0.25) is 0 Å². The normalized spacial score (nSPS) is 11.0. The van der Waals surface area contributed by atoms with Gasteiger partial charge in [0.2, 0.25) is 5.91 Å². The minimum Gasteiger partial charge on any atom is -0.489 e. The molecule has 0 N–H and O–H groups in total. The molecule has 0 radical (unpaired) electrons. The quantitative estimate of drug-likeness (QED) is 0.633. The number of pyridine rings is 1. The molecule has 3 aromatic rings. The molecule has 0 bridgehead atoms. The number of ether oxygens (including phenoxy) is 1. The summed E-state index contributed by atoms with van der Waals surface area (Å²) in [6.45, 7) is 0.568. The van der Waals surface area contributed by atoms with E-state index in [1.54, 1.807) is 37.5 Å². The molecular weight excluding hydrogens is 331 g/mol. The molecule has 0 saturated heterocycles. The number of amides is 1. The summed E-state index contributed by atoms with van der Waals surface area (Å²) in [6, 6.07) is 15.9. The number of rotatable bonds is 6. The number of fused-ring (bicyclic) bond motifs is 1. The Kier molecular flexibility index (Phi) is 5.59. The van der Waals surface area contributed by atoms with Crippen LogP contribution in [-0.2, 0) is 4.79 Å². The molecule has 5 heteroatoms.